The molecule has 8 nitrogen and oxygen atoms in total. The number of quaternary nitrogens is 1. The van der Waals surface area contributed by atoms with Crippen LogP contribution in [0.4, 0.5) is 0 Å². The molecule has 0 bridgehead atoms. The maximum absolute atomic E-state index is 13.0. The first-order valence-electron chi connectivity index (χ1n) is 28.7. The molecular formula is C59H112N2O6P+. The number of carbonyl (C=O) groups excluding carboxylic acids is 1. The molecule has 0 rings (SSSR count). The Kier molecular flexibility index (Phi) is 48.8. The Morgan fingerprint density at radius 2 is 0.882 bits per heavy atom. The van der Waals surface area contributed by atoms with Crippen molar-refractivity contribution < 1.29 is 32.9 Å². The number of aliphatic hydroxyl groups excluding tert-OH is 1. The average molecular weight is 977 g/mol. The monoisotopic (exact) mass is 976 g/mol. The van der Waals surface area contributed by atoms with E-state index in [0.717, 1.165) is 89.9 Å². The number of amides is 1. The molecule has 0 aliphatic rings. The van der Waals surface area contributed by atoms with E-state index in [0.29, 0.717) is 23.9 Å². The molecule has 0 fully saturated rings. The Hall–Kier alpha value is -1.80. The quantitative estimate of drug-likeness (QED) is 0.0243. The molecule has 0 aliphatic carbocycles. The highest BCUT2D eigenvalue weighted by molar-refractivity contribution is 7.47. The van der Waals surface area contributed by atoms with Crippen molar-refractivity contribution >= 4 is 13.7 Å². The number of hydrogen-bond donors (Lipinski definition) is 3. The van der Waals surface area contributed by atoms with Crippen LogP contribution in [0.3, 0.4) is 0 Å². The Bertz CT molecular complexity index is 1290. The SMILES string of the molecule is CC/C=C\C/C=C\C/C=C\C/C=C\C/C=C\CCCCCCCC(=O)NC(COP(=O)(O)OCC[N+](C)(C)C)C(O)CCCCCCCCCCCCCCCCCCCCCCCCCCC. The molecule has 68 heavy (non-hydrogen) atoms. The molecular weight excluding hydrogens is 864 g/mol. The number of unbranched alkanes of at least 4 members (excludes halogenated alkanes) is 29. The van der Waals surface area contributed by atoms with Crippen molar-refractivity contribution in [3.8, 4) is 0 Å². The topological polar surface area (TPSA) is 105 Å². The van der Waals surface area contributed by atoms with Gasteiger partial charge in [0.1, 0.15) is 13.2 Å². The van der Waals surface area contributed by atoms with Crippen molar-refractivity contribution in [2.24, 2.45) is 0 Å². The Balaban J connectivity index is 4.21. The lowest BCUT2D eigenvalue weighted by molar-refractivity contribution is -0.870. The van der Waals surface area contributed by atoms with Crippen LogP contribution in [0.1, 0.15) is 258 Å². The number of rotatable bonds is 52. The Labute approximate surface area is 422 Å². The molecule has 0 heterocycles. The summed E-state index contributed by atoms with van der Waals surface area (Å²) in [5, 5.41) is 14.1. The number of likely N-dealkylation sites (N-methyl/N-ethyl adjacent to an activating group) is 1. The summed E-state index contributed by atoms with van der Waals surface area (Å²) >= 11 is 0. The first kappa shape index (κ1) is 66.2. The first-order valence-corrected chi connectivity index (χ1v) is 30.1. The van der Waals surface area contributed by atoms with Crippen molar-refractivity contribution in [3.63, 3.8) is 0 Å². The van der Waals surface area contributed by atoms with Gasteiger partial charge in [0.2, 0.25) is 5.91 Å². The summed E-state index contributed by atoms with van der Waals surface area (Å²) in [5.41, 5.74) is 0. The molecule has 0 saturated heterocycles. The van der Waals surface area contributed by atoms with Gasteiger partial charge >= 0.3 is 7.82 Å². The van der Waals surface area contributed by atoms with E-state index < -0.39 is 20.0 Å². The zero-order valence-electron chi connectivity index (χ0n) is 45.3. The summed E-state index contributed by atoms with van der Waals surface area (Å²) in [4.78, 5) is 23.3. The third-order valence-electron chi connectivity index (χ3n) is 12.8. The van der Waals surface area contributed by atoms with Gasteiger partial charge in [0.05, 0.1) is 39.9 Å². The third kappa shape index (κ3) is 52.0. The predicted octanol–water partition coefficient (Wildman–Crippen LogP) is 17.3. The van der Waals surface area contributed by atoms with Crippen LogP contribution in [0, 0.1) is 0 Å². The van der Waals surface area contributed by atoms with Gasteiger partial charge in [-0.25, -0.2) is 4.57 Å². The fraction of sp³-hybridized carbons (Fsp3) is 0.814. The van der Waals surface area contributed by atoms with E-state index in [-0.39, 0.29) is 19.1 Å². The summed E-state index contributed by atoms with van der Waals surface area (Å²) in [5.74, 6) is -0.162. The van der Waals surface area contributed by atoms with Crippen molar-refractivity contribution in [3.05, 3.63) is 60.8 Å². The zero-order chi connectivity index (χ0) is 49.9. The standard InChI is InChI=1S/C59H111N2O6P/c1-6-8-10-12-14-16-18-20-22-24-26-28-29-30-31-33-34-36-38-40-42-44-46-48-50-52-58(62)57(56-67-68(64,65)66-55-54-61(3,4)5)60-59(63)53-51-49-47-45-43-41-39-37-35-32-27-25-23-21-19-17-15-13-11-9-7-2/h9,11,15,17,21,23,27,32,37,39,57-58,62H,6-8,10,12-14,16,18-20,22,24-26,28-31,33-36,38,40-56H2,1-5H3,(H-,60,63,64,65)/p+1/b11-9-,17-15-,23-21-,32-27-,39-37-. The van der Waals surface area contributed by atoms with Crippen LogP contribution >= 0.6 is 7.82 Å². The van der Waals surface area contributed by atoms with E-state index in [2.05, 4.69) is 79.9 Å². The molecule has 3 atom stereocenters. The highest BCUT2D eigenvalue weighted by Gasteiger charge is 2.28. The number of nitrogens with zero attached hydrogens (tertiary/aromatic N) is 1. The van der Waals surface area contributed by atoms with Gasteiger partial charge in [-0.2, -0.15) is 0 Å². The average Bonchev–Trinajstić information content (AvgIpc) is 3.30. The van der Waals surface area contributed by atoms with Crippen molar-refractivity contribution in [1.82, 2.24) is 5.32 Å². The summed E-state index contributed by atoms with van der Waals surface area (Å²) in [6, 6.07) is -0.775. The molecule has 0 spiro atoms. The summed E-state index contributed by atoms with van der Waals surface area (Å²) in [6.07, 6.45) is 67.0. The fourth-order valence-electron chi connectivity index (χ4n) is 8.31. The second-order valence-electron chi connectivity index (χ2n) is 20.6. The van der Waals surface area contributed by atoms with Gasteiger partial charge in [-0.3, -0.25) is 13.8 Å². The molecule has 398 valence electrons. The van der Waals surface area contributed by atoms with E-state index in [1.54, 1.807) is 0 Å². The van der Waals surface area contributed by atoms with Gasteiger partial charge in [-0.05, 0) is 57.8 Å². The van der Waals surface area contributed by atoms with Crippen molar-refractivity contribution in [2.75, 3.05) is 40.9 Å². The molecule has 0 aromatic heterocycles. The minimum Gasteiger partial charge on any atom is -0.391 e. The van der Waals surface area contributed by atoms with Crippen molar-refractivity contribution in [1.29, 1.82) is 0 Å². The van der Waals surface area contributed by atoms with Crippen LogP contribution in [0.5, 0.6) is 0 Å². The van der Waals surface area contributed by atoms with E-state index in [4.69, 9.17) is 9.05 Å². The molecule has 0 aliphatic heterocycles. The summed E-state index contributed by atoms with van der Waals surface area (Å²) in [6.45, 7) is 4.78. The Morgan fingerprint density at radius 1 is 0.515 bits per heavy atom. The highest BCUT2D eigenvalue weighted by Crippen LogP contribution is 2.43. The molecule has 9 heteroatoms. The van der Waals surface area contributed by atoms with Crippen LogP contribution in [0.15, 0.2) is 60.8 Å². The zero-order valence-corrected chi connectivity index (χ0v) is 46.2. The number of nitrogens with one attached hydrogen (secondary N) is 1. The van der Waals surface area contributed by atoms with Gasteiger partial charge in [-0.1, -0.05) is 254 Å². The molecule has 0 saturated carbocycles. The summed E-state index contributed by atoms with van der Waals surface area (Å²) < 4.78 is 23.8. The molecule has 3 unspecified atom stereocenters. The normalized spacial score (nSPS) is 14.4. The number of phosphoric ester groups is 1. The molecule has 3 N–H and O–H groups in total. The smallest absolute Gasteiger partial charge is 0.391 e. The van der Waals surface area contributed by atoms with Gasteiger partial charge in [0, 0.05) is 6.42 Å². The Morgan fingerprint density at radius 3 is 1.29 bits per heavy atom. The maximum atomic E-state index is 13.0. The highest BCUT2D eigenvalue weighted by atomic mass is 31.2. The van der Waals surface area contributed by atoms with Gasteiger partial charge < -0.3 is 19.8 Å². The number of allylic oxidation sites excluding steroid dienone is 10. The fourth-order valence-corrected chi connectivity index (χ4v) is 9.05. The van der Waals surface area contributed by atoms with E-state index in [1.807, 2.05) is 21.1 Å². The minimum atomic E-state index is -4.33. The number of hydrogen-bond acceptors (Lipinski definition) is 5. The number of aliphatic hydroxyl groups is 1. The lowest BCUT2D eigenvalue weighted by atomic mass is 10.0. The number of phosphoric acid groups is 1. The molecule has 0 aromatic carbocycles. The van der Waals surface area contributed by atoms with Crippen molar-refractivity contribution in [2.45, 2.75) is 270 Å². The summed E-state index contributed by atoms with van der Waals surface area (Å²) in [7, 11) is 1.60. The van der Waals surface area contributed by atoms with Crippen LogP contribution in [-0.4, -0.2) is 73.4 Å². The van der Waals surface area contributed by atoms with Gasteiger partial charge in [-0.15, -0.1) is 0 Å². The molecule has 0 aromatic rings. The lowest BCUT2D eigenvalue weighted by Gasteiger charge is -2.26. The number of carbonyl (C=O) groups is 1. The van der Waals surface area contributed by atoms with Crippen LogP contribution in [0.2, 0.25) is 0 Å². The molecule has 0 radical (unpaired) electrons. The van der Waals surface area contributed by atoms with E-state index in [1.165, 1.54) is 141 Å². The minimum absolute atomic E-state index is 0.0682. The van der Waals surface area contributed by atoms with E-state index >= 15 is 0 Å². The van der Waals surface area contributed by atoms with Crippen LogP contribution in [0.25, 0.3) is 0 Å². The molecule has 1 amide bonds. The second-order valence-corrected chi connectivity index (χ2v) is 22.1. The first-order chi connectivity index (χ1) is 33.0. The second kappa shape index (κ2) is 50.2. The van der Waals surface area contributed by atoms with E-state index in [9.17, 15) is 19.4 Å². The largest absolute Gasteiger partial charge is 0.472 e. The lowest BCUT2D eigenvalue weighted by Crippen LogP contribution is -2.46. The maximum Gasteiger partial charge on any atom is 0.472 e. The third-order valence-corrected chi connectivity index (χ3v) is 13.8. The van der Waals surface area contributed by atoms with Gasteiger partial charge in [0.25, 0.3) is 0 Å². The van der Waals surface area contributed by atoms with Crippen LogP contribution in [-0.2, 0) is 18.4 Å². The predicted molar refractivity (Wildman–Crippen MR) is 295 cm³/mol. The van der Waals surface area contributed by atoms with Crippen LogP contribution < -0.4 is 5.32 Å². The van der Waals surface area contributed by atoms with Gasteiger partial charge in [0.15, 0.2) is 0 Å².